The average Bonchev–Trinajstić information content (AvgIpc) is 3.40. The Hall–Kier alpha value is -4.59. The molecule has 2 aromatic carbocycles. The first kappa shape index (κ1) is 24.5. The molecule has 2 aromatic heterocycles. The zero-order valence-corrected chi connectivity index (χ0v) is 21.0. The summed E-state index contributed by atoms with van der Waals surface area (Å²) >= 11 is 6.13. The molecular formula is C25H19ClF4N6O4. The minimum Gasteiger partial charge on any atom is -0.480 e. The fraction of sp³-hybridized carbons (Fsp3) is 0.200. The molecule has 0 aliphatic rings. The number of hydrogen-bond acceptors (Lipinski definition) is 7. The SMILES string of the molecule is [2H]C([2H])([2H])Oc1nn([C@@H](CC)C(=O)c2ccc(C(N)=O)c(F)c2)c(=O)cc1-c1cc(Cl)ccc1-n1cc(C(F)(F)F)nn1. The Balaban J connectivity index is 1.89. The second-order valence-electron chi connectivity index (χ2n) is 8.30. The van der Waals surface area contributed by atoms with E-state index >= 15 is 0 Å². The highest BCUT2D eigenvalue weighted by Crippen LogP contribution is 2.35. The first-order valence-corrected chi connectivity index (χ1v) is 11.6. The largest absolute Gasteiger partial charge is 0.480 e. The van der Waals surface area contributed by atoms with Crippen LogP contribution in [0.5, 0.6) is 5.88 Å². The van der Waals surface area contributed by atoms with Gasteiger partial charge in [-0.05, 0) is 36.8 Å². The smallest absolute Gasteiger partial charge is 0.436 e. The molecule has 1 amide bonds. The molecule has 208 valence electrons. The molecule has 1 atom stereocenters. The van der Waals surface area contributed by atoms with Gasteiger partial charge in [-0.15, -0.1) is 10.2 Å². The maximum absolute atomic E-state index is 14.4. The molecule has 0 saturated carbocycles. The molecule has 0 saturated heterocycles. The van der Waals surface area contributed by atoms with Gasteiger partial charge in [0.15, 0.2) is 11.5 Å². The molecule has 0 radical (unpaired) electrons. The van der Waals surface area contributed by atoms with E-state index in [4.69, 9.17) is 26.2 Å². The molecule has 0 spiro atoms. The zero-order chi connectivity index (χ0) is 31.9. The molecule has 0 aliphatic carbocycles. The van der Waals surface area contributed by atoms with Crippen molar-refractivity contribution < 1.29 is 36.0 Å². The maximum Gasteiger partial charge on any atom is 0.436 e. The van der Waals surface area contributed by atoms with Crippen molar-refractivity contribution in [3.63, 3.8) is 0 Å². The zero-order valence-electron chi connectivity index (χ0n) is 23.2. The summed E-state index contributed by atoms with van der Waals surface area (Å²) in [6, 6.07) is 6.11. The molecule has 0 bridgehead atoms. The maximum atomic E-state index is 14.4. The number of ketones is 1. The number of Topliss-reactive ketones (excluding diaryl/α,β-unsaturated/α-hetero) is 1. The quantitative estimate of drug-likeness (QED) is 0.243. The van der Waals surface area contributed by atoms with E-state index in [2.05, 4.69) is 15.4 Å². The van der Waals surface area contributed by atoms with Gasteiger partial charge in [0.2, 0.25) is 5.88 Å². The summed E-state index contributed by atoms with van der Waals surface area (Å²) in [6.45, 7) is 1.50. The monoisotopic (exact) mass is 581 g/mol. The van der Waals surface area contributed by atoms with Crippen LogP contribution < -0.4 is 16.0 Å². The van der Waals surface area contributed by atoms with Crippen LogP contribution in [-0.2, 0) is 6.18 Å². The van der Waals surface area contributed by atoms with Crippen molar-refractivity contribution in [3.8, 4) is 22.7 Å². The summed E-state index contributed by atoms with van der Waals surface area (Å²) in [7, 11) is -3.14. The number of carbonyl (C=O) groups is 2. The summed E-state index contributed by atoms with van der Waals surface area (Å²) in [5.41, 5.74) is 1.59. The lowest BCUT2D eigenvalue weighted by Gasteiger charge is -2.19. The van der Waals surface area contributed by atoms with E-state index in [1.807, 2.05) is 0 Å². The number of nitrogens with zero attached hydrogens (tertiary/aromatic N) is 5. The van der Waals surface area contributed by atoms with Gasteiger partial charge in [0.1, 0.15) is 11.9 Å². The number of alkyl halides is 3. The predicted octanol–water partition coefficient (Wildman–Crippen LogP) is 4.24. The van der Waals surface area contributed by atoms with Gasteiger partial charge in [0.05, 0.1) is 34.2 Å². The Kier molecular flexibility index (Phi) is 6.65. The van der Waals surface area contributed by atoms with Gasteiger partial charge in [-0.3, -0.25) is 14.4 Å². The van der Waals surface area contributed by atoms with Crippen molar-refractivity contribution in [3.05, 3.63) is 86.7 Å². The summed E-state index contributed by atoms with van der Waals surface area (Å²) in [5, 5.41) is 10.6. The number of primary amides is 1. The Morgan fingerprint density at radius 1 is 1.18 bits per heavy atom. The highest BCUT2D eigenvalue weighted by molar-refractivity contribution is 6.31. The van der Waals surface area contributed by atoms with Crippen LogP contribution >= 0.6 is 11.6 Å². The Morgan fingerprint density at radius 3 is 2.52 bits per heavy atom. The van der Waals surface area contributed by atoms with E-state index in [1.54, 1.807) is 0 Å². The number of carbonyl (C=O) groups excluding carboxylic acids is 2. The minimum atomic E-state index is -4.83. The van der Waals surface area contributed by atoms with Crippen LogP contribution in [0.15, 0.2) is 53.5 Å². The number of nitrogens with two attached hydrogens (primary N) is 1. The molecule has 2 heterocycles. The summed E-state index contributed by atoms with van der Waals surface area (Å²) in [5.74, 6) is -3.67. The molecule has 0 fully saturated rings. The topological polar surface area (TPSA) is 135 Å². The molecule has 2 N–H and O–H groups in total. The Bertz CT molecular complexity index is 1790. The van der Waals surface area contributed by atoms with Crippen LogP contribution in [0.25, 0.3) is 16.8 Å². The molecular weight excluding hydrogens is 560 g/mol. The first-order chi connectivity index (χ1) is 20.0. The summed E-state index contributed by atoms with van der Waals surface area (Å²) in [4.78, 5) is 38.0. The third-order valence-electron chi connectivity index (χ3n) is 5.80. The van der Waals surface area contributed by atoms with Gasteiger partial charge >= 0.3 is 6.18 Å². The number of rotatable bonds is 8. The van der Waals surface area contributed by atoms with E-state index in [1.165, 1.54) is 25.1 Å². The number of benzene rings is 2. The standard InChI is InChI=1S/C25H19ClF4N6O4/c1-3-18(22(38)12-4-6-14(23(31)39)17(27)8-12)36-21(37)10-16(24(33-36)40-2)15-9-13(26)5-7-19(15)35-11-20(32-34-35)25(28,29)30/h4-11,18H,3H2,1-2H3,(H2,31,39)/t18-/m0/s1/i2D3. The van der Waals surface area contributed by atoms with Crippen molar-refractivity contribution in [1.29, 1.82) is 0 Å². The number of hydrogen-bond donors (Lipinski definition) is 1. The molecule has 0 unspecified atom stereocenters. The Morgan fingerprint density at radius 2 is 1.93 bits per heavy atom. The van der Waals surface area contributed by atoms with Crippen LogP contribution in [0.2, 0.25) is 5.02 Å². The highest BCUT2D eigenvalue weighted by Gasteiger charge is 2.35. The lowest BCUT2D eigenvalue weighted by Crippen LogP contribution is -2.32. The van der Waals surface area contributed by atoms with Crippen LogP contribution in [0.1, 0.15) is 49.9 Å². The van der Waals surface area contributed by atoms with Gasteiger partial charge in [-0.25, -0.2) is 13.8 Å². The molecule has 0 aliphatic heterocycles. The van der Waals surface area contributed by atoms with E-state index in [9.17, 15) is 31.9 Å². The van der Waals surface area contributed by atoms with E-state index in [0.717, 1.165) is 28.9 Å². The lowest BCUT2D eigenvalue weighted by molar-refractivity contribution is -0.141. The van der Waals surface area contributed by atoms with Crippen molar-refractivity contribution >= 4 is 23.3 Å². The van der Waals surface area contributed by atoms with Gasteiger partial charge in [0.25, 0.3) is 11.5 Å². The number of methoxy groups -OCH3 is 1. The summed E-state index contributed by atoms with van der Waals surface area (Å²) in [6.07, 6.45) is -4.34. The van der Waals surface area contributed by atoms with E-state index in [0.29, 0.717) is 10.9 Å². The van der Waals surface area contributed by atoms with E-state index in [-0.39, 0.29) is 33.8 Å². The van der Waals surface area contributed by atoms with Crippen LogP contribution in [0.3, 0.4) is 0 Å². The van der Waals surface area contributed by atoms with Gasteiger partial charge in [-0.1, -0.05) is 29.8 Å². The predicted molar refractivity (Wildman–Crippen MR) is 134 cm³/mol. The average molecular weight is 582 g/mol. The molecule has 15 heteroatoms. The molecule has 40 heavy (non-hydrogen) atoms. The number of halogens is 5. The highest BCUT2D eigenvalue weighted by atomic mass is 35.5. The van der Waals surface area contributed by atoms with Crippen LogP contribution in [-0.4, -0.2) is 43.5 Å². The third-order valence-corrected chi connectivity index (χ3v) is 6.04. The minimum absolute atomic E-state index is 0.0435. The third kappa shape index (κ3) is 5.43. The first-order valence-electron chi connectivity index (χ1n) is 12.8. The van der Waals surface area contributed by atoms with Crippen molar-refractivity contribution in [2.24, 2.45) is 5.73 Å². The van der Waals surface area contributed by atoms with Crippen LogP contribution in [0.4, 0.5) is 17.6 Å². The van der Waals surface area contributed by atoms with Crippen molar-refractivity contribution in [1.82, 2.24) is 24.8 Å². The van der Waals surface area contributed by atoms with Crippen LogP contribution in [0, 0.1) is 5.82 Å². The Labute approximate surface area is 232 Å². The second-order valence-corrected chi connectivity index (χ2v) is 8.74. The van der Waals surface area contributed by atoms with Gasteiger partial charge < -0.3 is 10.5 Å². The van der Waals surface area contributed by atoms with Crippen molar-refractivity contribution in [2.45, 2.75) is 25.6 Å². The summed E-state index contributed by atoms with van der Waals surface area (Å²) < 4.78 is 83.1. The van der Waals surface area contributed by atoms with Crippen molar-refractivity contribution in [2.75, 3.05) is 7.04 Å². The lowest BCUT2D eigenvalue weighted by atomic mass is 10.00. The number of aromatic nitrogens is 5. The second kappa shape index (κ2) is 10.9. The number of amides is 1. The molecule has 4 aromatic rings. The normalized spacial score (nSPS) is 13.7. The molecule has 4 rings (SSSR count). The fourth-order valence-corrected chi connectivity index (χ4v) is 4.08. The number of ether oxygens (including phenoxy) is 1. The van der Waals surface area contributed by atoms with E-state index < -0.39 is 59.5 Å². The van der Waals surface area contributed by atoms with Gasteiger partial charge in [-0.2, -0.15) is 13.2 Å². The fourth-order valence-electron chi connectivity index (χ4n) is 3.91. The molecule has 10 nitrogen and oxygen atoms in total. The van der Waals surface area contributed by atoms with Gasteiger partial charge in [0, 0.05) is 22.2 Å².